The first-order chi connectivity index (χ1) is 16.4. The van der Waals surface area contributed by atoms with Gasteiger partial charge in [0.15, 0.2) is 0 Å². The van der Waals surface area contributed by atoms with E-state index in [4.69, 9.17) is 4.98 Å². The molecular weight excluding hydrogens is 426 g/mol. The highest BCUT2D eigenvalue weighted by atomic mass is 16.3. The highest BCUT2D eigenvalue weighted by molar-refractivity contribution is 6.01. The van der Waals surface area contributed by atoms with Crippen LogP contribution in [0, 0.1) is 6.92 Å². The molecule has 174 valence electrons. The molecule has 0 fully saturated rings. The molecule has 1 unspecified atom stereocenters. The van der Waals surface area contributed by atoms with Gasteiger partial charge in [0, 0.05) is 43.0 Å². The van der Waals surface area contributed by atoms with E-state index in [0.717, 1.165) is 47.2 Å². The van der Waals surface area contributed by atoms with E-state index < -0.39 is 6.10 Å². The second kappa shape index (κ2) is 8.91. The van der Waals surface area contributed by atoms with Crippen molar-refractivity contribution in [2.75, 3.05) is 18.0 Å². The fourth-order valence-electron chi connectivity index (χ4n) is 4.66. The maximum absolute atomic E-state index is 12.8. The number of nitrogens with zero attached hydrogens (tertiary/aromatic N) is 4. The molecule has 0 bridgehead atoms. The average molecular weight is 456 g/mol. The van der Waals surface area contributed by atoms with Crippen LogP contribution in [0.5, 0.6) is 0 Å². The van der Waals surface area contributed by atoms with Crippen LogP contribution in [-0.4, -0.2) is 45.0 Å². The second-order valence-electron chi connectivity index (χ2n) is 9.06. The van der Waals surface area contributed by atoms with Gasteiger partial charge in [-0.15, -0.1) is 0 Å². The number of rotatable bonds is 5. The summed E-state index contributed by atoms with van der Waals surface area (Å²) in [5, 5.41) is 18.7. The minimum atomic E-state index is -0.616. The highest BCUT2D eigenvalue weighted by Crippen LogP contribution is 2.39. The van der Waals surface area contributed by atoms with Gasteiger partial charge in [-0.2, -0.15) is 5.10 Å². The Morgan fingerprint density at radius 1 is 1.24 bits per heavy atom. The smallest absolute Gasteiger partial charge is 0.270 e. The van der Waals surface area contributed by atoms with Crippen molar-refractivity contribution in [2.24, 2.45) is 7.05 Å². The molecule has 0 saturated carbocycles. The fourth-order valence-corrected chi connectivity index (χ4v) is 4.66. The first-order valence-corrected chi connectivity index (χ1v) is 11.7. The molecule has 1 atom stereocenters. The number of hydrogen-bond donors (Lipinski definition) is 2. The number of benzene rings is 2. The van der Waals surface area contributed by atoms with Crippen LogP contribution in [0.15, 0.2) is 54.9 Å². The third-order valence-corrected chi connectivity index (χ3v) is 6.33. The molecule has 0 spiro atoms. The molecule has 7 nitrogen and oxygen atoms in total. The minimum absolute atomic E-state index is 0.186. The Morgan fingerprint density at radius 2 is 2.06 bits per heavy atom. The molecule has 1 aliphatic rings. The van der Waals surface area contributed by atoms with Crippen molar-refractivity contribution < 1.29 is 9.90 Å². The van der Waals surface area contributed by atoms with Crippen molar-refractivity contribution in [3.8, 4) is 11.1 Å². The standard InChI is InChI=1S/C27H29N5O2/c1-17-11-25-20(12-23(17)21-15-29-31(3)16-21)8-6-10-32(25)26-22-9-5-4-7-19(22)13-24(30-26)27(34)28-14-18(2)33/h4-5,7,9,11-13,15-16,18,33H,6,8,10,14H2,1-3H3,(H,28,34). The summed E-state index contributed by atoms with van der Waals surface area (Å²) in [5.41, 5.74) is 6.23. The van der Waals surface area contributed by atoms with Crippen molar-refractivity contribution in [1.29, 1.82) is 0 Å². The topological polar surface area (TPSA) is 83.3 Å². The van der Waals surface area contributed by atoms with Crippen LogP contribution in [0.4, 0.5) is 11.5 Å². The summed E-state index contributed by atoms with van der Waals surface area (Å²) in [7, 11) is 1.93. The number of aromatic nitrogens is 3. The van der Waals surface area contributed by atoms with E-state index in [1.165, 1.54) is 16.7 Å². The van der Waals surface area contributed by atoms with E-state index >= 15 is 0 Å². The molecule has 1 amide bonds. The summed E-state index contributed by atoms with van der Waals surface area (Å²) in [6, 6.07) is 14.4. The number of aliphatic hydroxyl groups excluding tert-OH is 1. The monoisotopic (exact) mass is 455 g/mol. The van der Waals surface area contributed by atoms with Gasteiger partial charge in [0.1, 0.15) is 11.5 Å². The summed E-state index contributed by atoms with van der Waals surface area (Å²) in [4.78, 5) is 19.9. The van der Waals surface area contributed by atoms with Crippen LogP contribution < -0.4 is 10.2 Å². The Hall–Kier alpha value is -3.71. The van der Waals surface area contributed by atoms with Crippen molar-refractivity contribution >= 4 is 28.2 Å². The number of hydrogen-bond acceptors (Lipinski definition) is 5. The molecule has 2 aromatic heterocycles. The van der Waals surface area contributed by atoms with Crippen LogP contribution in [-0.2, 0) is 13.5 Å². The number of amides is 1. The molecule has 2 N–H and O–H groups in total. The molecule has 5 rings (SSSR count). The van der Waals surface area contributed by atoms with Gasteiger partial charge in [0.25, 0.3) is 5.91 Å². The largest absolute Gasteiger partial charge is 0.392 e. The summed E-state index contributed by atoms with van der Waals surface area (Å²) in [5.74, 6) is 0.503. The zero-order chi connectivity index (χ0) is 23.8. The van der Waals surface area contributed by atoms with E-state index in [1.54, 1.807) is 6.92 Å². The number of carbonyl (C=O) groups excluding carboxylic acids is 1. The van der Waals surface area contributed by atoms with Crippen molar-refractivity contribution in [3.63, 3.8) is 0 Å². The number of pyridine rings is 1. The Bertz CT molecular complexity index is 1370. The van der Waals surface area contributed by atoms with Gasteiger partial charge in [-0.1, -0.05) is 24.3 Å². The predicted octanol–water partition coefficient (Wildman–Crippen LogP) is 4.14. The van der Waals surface area contributed by atoms with Gasteiger partial charge in [0.2, 0.25) is 0 Å². The lowest BCUT2D eigenvalue weighted by atomic mass is 9.93. The Morgan fingerprint density at radius 3 is 2.82 bits per heavy atom. The van der Waals surface area contributed by atoms with E-state index in [9.17, 15) is 9.90 Å². The number of anilines is 2. The number of aliphatic hydroxyl groups is 1. The zero-order valence-corrected chi connectivity index (χ0v) is 19.7. The molecule has 34 heavy (non-hydrogen) atoms. The number of fused-ring (bicyclic) bond motifs is 2. The third-order valence-electron chi connectivity index (χ3n) is 6.33. The van der Waals surface area contributed by atoms with Crippen molar-refractivity contribution in [2.45, 2.75) is 32.8 Å². The highest BCUT2D eigenvalue weighted by Gasteiger charge is 2.24. The minimum Gasteiger partial charge on any atom is -0.392 e. The first-order valence-electron chi connectivity index (χ1n) is 11.7. The summed E-state index contributed by atoms with van der Waals surface area (Å²) >= 11 is 0. The van der Waals surface area contributed by atoms with E-state index in [0.29, 0.717) is 5.69 Å². The third kappa shape index (κ3) is 4.15. The molecule has 0 radical (unpaired) electrons. The lowest BCUT2D eigenvalue weighted by molar-refractivity contribution is 0.0919. The summed E-state index contributed by atoms with van der Waals surface area (Å²) < 4.78 is 1.82. The zero-order valence-electron chi connectivity index (χ0n) is 19.7. The first kappa shape index (κ1) is 22.1. The quantitative estimate of drug-likeness (QED) is 0.473. The van der Waals surface area contributed by atoms with E-state index in [1.807, 2.05) is 48.4 Å². The van der Waals surface area contributed by atoms with Crippen molar-refractivity contribution in [1.82, 2.24) is 20.1 Å². The van der Waals surface area contributed by atoms with Crippen LogP contribution in [0.25, 0.3) is 21.9 Å². The van der Waals surface area contributed by atoms with Gasteiger partial charge in [-0.05, 0) is 67.0 Å². The normalized spacial score (nSPS) is 14.2. The molecule has 7 heteroatoms. The fraction of sp³-hybridized carbons (Fsp3) is 0.296. The van der Waals surface area contributed by atoms with Gasteiger partial charge in [0.05, 0.1) is 12.3 Å². The lowest BCUT2D eigenvalue weighted by Crippen LogP contribution is -2.32. The van der Waals surface area contributed by atoms with Crippen LogP contribution >= 0.6 is 0 Å². The molecule has 2 aromatic carbocycles. The SMILES string of the molecule is Cc1cc2c(cc1-c1cnn(C)c1)CCCN2c1nc(C(=O)NCC(C)O)cc2ccccc12. The van der Waals surface area contributed by atoms with Gasteiger partial charge in [-0.3, -0.25) is 9.48 Å². The van der Waals surface area contributed by atoms with Gasteiger partial charge < -0.3 is 15.3 Å². The molecule has 3 heterocycles. The van der Waals surface area contributed by atoms with Crippen LogP contribution in [0.1, 0.15) is 35.0 Å². The molecule has 1 aliphatic heterocycles. The maximum Gasteiger partial charge on any atom is 0.270 e. The number of aryl methyl sites for hydroxylation is 3. The maximum atomic E-state index is 12.8. The number of nitrogens with one attached hydrogen (secondary N) is 1. The Kier molecular flexibility index (Phi) is 5.79. The van der Waals surface area contributed by atoms with Crippen LogP contribution in [0.3, 0.4) is 0 Å². The second-order valence-corrected chi connectivity index (χ2v) is 9.06. The Labute approximate surface area is 199 Å². The van der Waals surface area contributed by atoms with E-state index in [2.05, 4.69) is 40.4 Å². The van der Waals surface area contributed by atoms with Gasteiger partial charge >= 0.3 is 0 Å². The molecule has 0 aliphatic carbocycles. The van der Waals surface area contributed by atoms with Crippen LogP contribution in [0.2, 0.25) is 0 Å². The average Bonchev–Trinajstić information content (AvgIpc) is 3.27. The summed E-state index contributed by atoms with van der Waals surface area (Å²) in [6.45, 7) is 4.78. The summed E-state index contributed by atoms with van der Waals surface area (Å²) in [6.07, 6.45) is 5.32. The molecule has 4 aromatic rings. The van der Waals surface area contributed by atoms with E-state index in [-0.39, 0.29) is 12.5 Å². The number of carbonyl (C=O) groups is 1. The Balaban J connectivity index is 1.61. The lowest BCUT2D eigenvalue weighted by Gasteiger charge is -2.32. The van der Waals surface area contributed by atoms with Gasteiger partial charge in [-0.25, -0.2) is 4.98 Å². The van der Waals surface area contributed by atoms with Crippen molar-refractivity contribution in [3.05, 3.63) is 71.7 Å². The predicted molar refractivity (Wildman–Crippen MR) is 134 cm³/mol. The molecule has 0 saturated heterocycles. The molecular formula is C27H29N5O2.